The molecule has 0 saturated carbocycles. The number of hydrogen-bond donors (Lipinski definition) is 2. The smallest absolute Gasteiger partial charge is 0.400 e. The Bertz CT molecular complexity index is 516. The molecule has 3 N–H and O–H groups in total. The van der Waals surface area contributed by atoms with Crippen LogP contribution in [0.3, 0.4) is 0 Å². The van der Waals surface area contributed by atoms with Gasteiger partial charge in [-0.25, -0.2) is 0 Å². The Morgan fingerprint density at radius 3 is 2.71 bits per heavy atom. The van der Waals surface area contributed by atoms with Crippen LogP contribution in [0.15, 0.2) is 29.4 Å². The van der Waals surface area contributed by atoms with Crippen LogP contribution < -0.4 is 10.6 Å². The second kappa shape index (κ2) is 6.24. The van der Waals surface area contributed by atoms with E-state index in [0.29, 0.717) is 6.54 Å². The summed E-state index contributed by atoms with van der Waals surface area (Å²) in [6.45, 7) is 0.193. The second-order valence-electron chi connectivity index (χ2n) is 5.15. The maximum atomic E-state index is 13.1. The Morgan fingerprint density at radius 1 is 1.33 bits per heavy atom. The number of anilines is 1. The average molecular weight is 301 g/mol. The van der Waals surface area contributed by atoms with Crippen LogP contribution in [-0.4, -0.2) is 30.3 Å². The van der Waals surface area contributed by atoms with Gasteiger partial charge in [0.05, 0.1) is 0 Å². The Hall–Kier alpha value is -1.92. The van der Waals surface area contributed by atoms with E-state index < -0.39 is 17.9 Å². The molecular formula is C14H18F3N3O. The maximum Gasteiger partial charge on any atom is 0.400 e. The zero-order chi connectivity index (χ0) is 15.5. The fourth-order valence-electron chi connectivity index (χ4n) is 2.61. The highest BCUT2D eigenvalue weighted by molar-refractivity contribution is 5.83. The monoisotopic (exact) mass is 301 g/mol. The molecule has 0 fully saturated rings. The van der Waals surface area contributed by atoms with Crippen molar-refractivity contribution < 1.29 is 18.4 Å². The zero-order valence-electron chi connectivity index (χ0n) is 11.5. The normalized spacial score (nSPS) is 18.0. The summed E-state index contributed by atoms with van der Waals surface area (Å²) in [4.78, 5) is 1.68. The van der Waals surface area contributed by atoms with Gasteiger partial charge in [-0.1, -0.05) is 23.4 Å². The Kier molecular flexibility index (Phi) is 4.59. The first kappa shape index (κ1) is 15.5. The number of para-hydroxylation sites is 1. The third-order valence-electron chi connectivity index (χ3n) is 3.73. The molecule has 21 heavy (non-hydrogen) atoms. The topological polar surface area (TPSA) is 61.9 Å². The highest BCUT2D eigenvalue weighted by atomic mass is 19.4. The molecule has 7 heteroatoms. The number of nitrogens with zero attached hydrogens (tertiary/aromatic N) is 2. The number of alkyl halides is 3. The van der Waals surface area contributed by atoms with E-state index in [1.165, 1.54) is 0 Å². The molecule has 1 aromatic carbocycles. The van der Waals surface area contributed by atoms with Gasteiger partial charge in [-0.2, -0.15) is 13.2 Å². The minimum Gasteiger partial charge on any atom is -0.409 e. The summed E-state index contributed by atoms with van der Waals surface area (Å²) in [5, 5.41) is 11.1. The molecule has 1 aliphatic heterocycles. The molecule has 1 atom stereocenters. The number of aryl methyl sites for hydroxylation is 1. The molecule has 0 saturated heterocycles. The third-order valence-corrected chi connectivity index (χ3v) is 3.73. The van der Waals surface area contributed by atoms with E-state index in [2.05, 4.69) is 5.16 Å². The third kappa shape index (κ3) is 3.59. The van der Waals surface area contributed by atoms with Gasteiger partial charge in [-0.15, -0.1) is 0 Å². The van der Waals surface area contributed by atoms with Gasteiger partial charge >= 0.3 is 6.18 Å². The fraction of sp³-hybridized carbons (Fsp3) is 0.500. The first-order valence-electron chi connectivity index (χ1n) is 6.80. The van der Waals surface area contributed by atoms with Crippen molar-refractivity contribution in [3.63, 3.8) is 0 Å². The number of oxime groups is 1. The lowest BCUT2D eigenvalue weighted by atomic mass is 10.1. The number of fused-ring (bicyclic) bond motifs is 1. The molecule has 2 rings (SSSR count). The van der Waals surface area contributed by atoms with Crippen molar-refractivity contribution in [2.75, 3.05) is 18.0 Å². The summed E-state index contributed by atoms with van der Waals surface area (Å²) in [5.74, 6) is -2.78. The number of nitrogens with two attached hydrogens (primary N) is 1. The Morgan fingerprint density at radius 2 is 2.05 bits per heavy atom. The van der Waals surface area contributed by atoms with E-state index in [-0.39, 0.29) is 6.54 Å². The van der Waals surface area contributed by atoms with Gasteiger partial charge < -0.3 is 15.8 Å². The van der Waals surface area contributed by atoms with Gasteiger partial charge in [0, 0.05) is 18.8 Å². The summed E-state index contributed by atoms with van der Waals surface area (Å²) >= 11 is 0. The van der Waals surface area contributed by atoms with Crippen molar-refractivity contribution in [3.05, 3.63) is 29.8 Å². The Labute approximate surface area is 121 Å². The summed E-state index contributed by atoms with van der Waals surface area (Å²) in [7, 11) is 0. The lowest BCUT2D eigenvalue weighted by molar-refractivity contribution is -0.153. The van der Waals surface area contributed by atoms with Crippen LogP contribution in [0.2, 0.25) is 0 Å². The van der Waals surface area contributed by atoms with Gasteiger partial charge in [0.25, 0.3) is 0 Å². The molecule has 0 spiro atoms. The molecule has 0 aromatic heterocycles. The predicted octanol–water partition coefficient (Wildman–Crippen LogP) is 2.75. The Balaban J connectivity index is 2.28. The van der Waals surface area contributed by atoms with Crippen LogP contribution in [0.5, 0.6) is 0 Å². The van der Waals surface area contributed by atoms with E-state index in [9.17, 15) is 13.2 Å². The van der Waals surface area contributed by atoms with Gasteiger partial charge in [-0.05, 0) is 30.9 Å². The molecule has 1 unspecified atom stereocenters. The van der Waals surface area contributed by atoms with Crippen molar-refractivity contribution >= 4 is 11.5 Å². The molecule has 0 radical (unpaired) electrons. The van der Waals surface area contributed by atoms with Crippen LogP contribution in [-0.2, 0) is 6.42 Å². The average Bonchev–Trinajstić information content (AvgIpc) is 2.65. The molecule has 0 aliphatic carbocycles. The number of hydrogen-bond acceptors (Lipinski definition) is 3. The van der Waals surface area contributed by atoms with Gasteiger partial charge in [0.15, 0.2) is 5.84 Å². The van der Waals surface area contributed by atoms with E-state index in [4.69, 9.17) is 10.9 Å². The highest BCUT2D eigenvalue weighted by Gasteiger charge is 2.44. The summed E-state index contributed by atoms with van der Waals surface area (Å²) in [6.07, 6.45) is -1.94. The largest absolute Gasteiger partial charge is 0.409 e. The van der Waals surface area contributed by atoms with Gasteiger partial charge in [0.1, 0.15) is 5.92 Å². The van der Waals surface area contributed by atoms with E-state index in [1.54, 1.807) is 4.90 Å². The second-order valence-corrected chi connectivity index (χ2v) is 5.15. The molecule has 0 amide bonds. The molecule has 1 heterocycles. The SMILES string of the molecule is N/C(=N/O)C(CN1CCCCc2ccccc21)C(F)(F)F. The molecule has 116 valence electrons. The van der Waals surface area contributed by atoms with E-state index >= 15 is 0 Å². The molecular weight excluding hydrogens is 283 g/mol. The number of benzene rings is 1. The minimum atomic E-state index is -4.54. The molecule has 0 bridgehead atoms. The van der Waals surface area contributed by atoms with Crippen molar-refractivity contribution in [2.24, 2.45) is 16.8 Å². The summed E-state index contributed by atoms with van der Waals surface area (Å²) < 4.78 is 39.3. The number of halogens is 3. The van der Waals surface area contributed by atoms with Crippen molar-refractivity contribution in [2.45, 2.75) is 25.4 Å². The number of rotatable bonds is 3. The van der Waals surface area contributed by atoms with Crippen LogP contribution in [0.1, 0.15) is 18.4 Å². The summed E-state index contributed by atoms with van der Waals surface area (Å²) in [6, 6.07) is 7.44. The molecule has 1 aliphatic rings. The van der Waals surface area contributed by atoms with Crippen molar-refractivity contribution in [3.8, 4) is 0 Å². The van der Waals surface area contributed by atoms with E-state index in [0.717, 1.165) is 30.5 Å². The van der Waals surface area contributed by atoms with Crippen molar-refractivity contribution in [1.82, 2.24) is 0 Å². The number of amidine groups is 1. The predicted molar refractivity (Wildman–Crippen MR) is 74.5 cm³/mol. The van der Waals surface area contributed by atoms with E-state index in [1.807, 2.05) is 24.3 Å². The molecule has 1 aromatic rings. The first-order chi connectivity index (χ1) is 9.93. The quantitative estimate of drug-likeness (QED) is 0.390. The van der Waals surface area contributed by atoms with Crippen molar-refractivity contribution in [1.29, 1.82) is 0 Å². The lowest BCUT2D eigenvalue weighted by Gasteiger charge is -2.30. The minimum absolute atomic E-state index is 0.337. The fourth-order valence-corrected chi connectivity index (χ4v) is 2.61. The summed E-state index contributed by atoms with van der Waals surface area (Å²) in [5.41, 5.74) is 7.07. The van der Waals surface area contributed by atoms with Crippen LogP contribution in [0, 0.1) is 5.92 Å². The van der Waals surface area contributed by atoms with Crippen LogP contribution in [0.25, 0.3) is 0 Å². The lowest BCUT2D eigenvalue weighted by Crippen LogP contribution is -2.44. The van der Waals surface area contributed by atoms with Gasteiger partial charge in [0.2, 0.25) is 0 Å². The zero-order valence-corrected chi connectivity index (χ0v) is 11.5. The first-order valence-corrected chi connectivity index (χ1v) is 6.80. The highest BCUT2D eigenvalue weighted by Crippen LogP contribution is 2.32. The molecule has 4 nitrogen and oxygen atoms in total. The van der Waals surface area contributed by atoms with Crippen LogP contribution in [0.4, 0.5) is 18.9 Å². The maximum absolute atomic E-state index is 13.1. The van der Waals surface area contributed by atoms with Crippen LogP contribution >= 0.6 is 0 Å². The standard InChI is InChI=1S/C14H18F3N3O/c15-14(16,17)11(13(18)19-21)9-20-8-4-3-6-10-5-1-2-7-12(10)20/h1-2,5,7,11,21H,3-4,6,8-9H2,(H2,18,19). The van der Waals surface area contributed by atoms with Gasteiger partial charge in [-0.3, -0.25) is 0 Å².